The Morgan fingerprint density at radius 3 is 2.56 bits per heavy atom. The Morgan fingerprint density at radius 1 is 1.31 bits per heavy atom. The molecule has 0 aliphatic rings. The number of nitrogens with one attached hydrogen (secondary N) is 1. The maximum Gasteiger partial charge on any atom is 0.278 e. The standard InChI is InChI=1S/C12H14N2O2/c1-12(2,3)11-7-8-9(13-11)5-4-6-10(8)14(15)16/h4-7,13H,1-3H3. The highest BCUT2D eigenvalue weighted by molar-refractivity contribution is 5.89. The molecule has 0 radical (unpaired) electrons. The van der Waals surface area contributed by atoms with Crippen LogP contribution in [0.25, 0.3) is 10.9 Å². The molecule has 1 aromatic carbocycles. The minimum atomic E-state index is -0.345. The van der Waals surface area contributed by atoms with Crippen LogP contribution in [0.5, 0.6) is 0 Å². The molecule has 2 aromatic rings. The molecular formula is C12H14N2O2. The van der Waals surface area contributed by atoms with Crippen LogP contribution in [-0.4, -0.2) is 9.91 Å². The van der Waals surface area contributed by atoms with E-state index in [9.17, 15) is 10.1 Å². The lowest BCUT2D eigenvalue weighted by atomic mass is 9.92. The average Bonchev–Trinajstić information content (AvgIpc) is 2.59. The van der Waals surface area contributed by atoms with Crippen molar-refractivity contribution in [2.45, 2.75) is 26.2 Å². The van der Waals surface area contributed by atoms with E-state index in [2.05, 4.69) is 25.8 Å². The van der Waals surface area contributed by atoms with Crippen molar-refractivity contribution in [2.75, 3.05) is 0 Å². The third-order valence-electron chi connectivity index (χ3n) is 2.65. The maximum absolute atomic E-state index is 10.9. The fraction of sp³-hybridized carbons (Fsp3) is 0.333. The van der Waals surface area contributed by atoms with Crippen LogP contribution < -0.4 is 0 Å². The Morgan fingerprint density at radius 2 is 2.00 bits per heavy atom. The molecule has 0 spiro atoms. The van der Waals surface area contributed by atoms with Gasteiger partial charge in [-0.2, -0.15) is 0 Å². The zero-order valence-electron chi connectivity index (χ0n) is 9.57. The Labute approximate surface area is 93.4 Å². The lowest BCUT2D eigenvalue weighted by molar-refractivity contribution is -0.383. The first-order chi connectivity index (χ1) is 7.39. The molecule has 0 unspecified atom stereocenters. The van der Waals surface area contributed by atoms with E-state index in [1.54, 1.807) is 6.07 Å². The molecule has 1 aromatic heterocycles. The number of non-ortho nitro benzene ring substituents is 1. The predicted octanol–water partition coefficient (Wildman–Crippen LogP) is 3.37. The van der Waals surface area contributed by atoms with Crippen LogP contribution in [0.2, 0.25) is 0 Å². The molecule has 0 saturated heterocycles. The first-order valence-electron chi connectivity index (χ1n) is 5.16. The van der Waals surface area contributed by atoms with Gasteiger partial charge in [0.25, 0.3) is 5.69 Å². The minimum Gasteiger partial charge on any atom is -0.358 e. The molecule has 16 heavy (non-hydrogen) atoms. The Hall–Kier alpha value is -1.84. The number of rotatable bonds is 1. The van der Waals surface area contributed by atoms with E-state index in [0.717, 1.165) is 11.2 Å². The molecule has 0 saturated carbocycles. The highest BCUT2D eigenvalue weighted by Crippen LogP contribution is 2.30. The molecule has 1 heterocycles. The fourth-order valence-corrected chi connectivity index (χ4v) is 1.70. The smallest absolute Gasteiger partial charge is 0.278 e. The number of hydrogen-bond acceptors (Lipinski definition) is 2. The van der Waals surface area contributed by atoms with Crippen LogP contribution in [0.1, 0.15) is 26.5 Å². The molecule has 4 nitrogen and oxygen atoms in total. The van der Waals surface area contributed by atoms with Crippen LogP contribution in [0.15, 0.2) is 24.3 Å². The summed E-state index contributed by atoms with van der Waals surface area (Å²) in [6.07, 6.45) is 0. The van der Waals surface area contributed by atoms with Crippen molar-refractivity contribution in [2.24, 2.45) is 0 Å². The number of nitro benzene ring substituents is 1. The molecule has 0 fully saturated rings. The molecule has 4 heteroatoms. The molecule has 0 bridgehead atoms. The van der Waals surface area contributed by atoms with Gasteiger partial charge in [-0.3, -0.25) is 10.1 Å². The number of fused-ring (bicyclic) bond motifs is 1. The second kappa shape index (κ2) is 3.33. The maximum atomic E-state index is 10.9. The molecule has 84 valence electrons. The molecule has 0 aliphatic heterocycles. The largest absolute Gasteiger partial charge is 0.358 e. The SMILES string of the molecule is CC(C)(C)c1cc2c([N+](=O)[O-])cccc2[nH]1. The molecule has 0 amide bonds. The summed E-state index contributed by atoms with van der Waals surface area (Å²) in [7, 11) is 0. The third-order valence-corrected chi connectivity index (χ3v) is 2.65. The number of H-pyrrole nitrogens is 1. The fourth-order valence-electron chi connectivity index (χ4n) is 1.70. The van der Waals surface area contributed by atoms with Crippen LogP contribution in [0.4, 0.5) is 5.69 Å². The second-order valence-electron chi connectivity index (χ2n) is 4.93. The highest BCUT2D eigenvalue weighted by atomic mass is 16.6. The Kier molecular flexibility index (Phi) is 2.22. The minimum absolute atomic E-state index is 0.0348. The average molecular weight is 218 g/mol. The quantitative estimate of drug-likeness (QED) is 0.589. The number of benzene rings is 1. The normalized spacial score (nSPS) is 11.9. The van der Waals surface area contributed by atoms with Crippen molar-refractivity contribution in [3.8, 4) is 0 Å². The summed E-state index contributed by atoms with van der Waals surface area (Å²) < 4.78 is 0. The number of aromatic nitrogens is 1. The van der Waals surface area contributed by atoms with Gasteiger partial charge in [-0.15, -0.1) is 0 Å². The molecule has 0 aliphatic carbocycles. The van der Waals surface area contributed by atoms with Gasteiger partial charge in [0.05, 0.1) is 15.8 Å². The van der Waals surface area contributed by atoms with E-state index in [0.29, 0.717) is 5.39 Å². The van der Waals surface area contributed by atoms with Crippen LogP contribution in [0, 0.1) is 10.1 Å². The first kappa shape index (κ1) is 10.7. The number of aromatic amines is 1. The van der Waals surface area contributed by atoms with Gasteiger partial charge in [-0.1, -0.05) is 26.8 Å². The topological polar surface area (TPSA) is 58.9 Å². The predicted molar refractivity (Wildman–Crippen MR) is 63.7 cm³/mol. The van der Waals surface area contributed by atoms with E-state index in [4.69, 9.17) is 0 Å². The van der Waals surface area contributed by atoms with Gasteiger partial charge < -0.3 is 4.98 Å². The van der Waals surface area contributed by atoms with Crippen LogP contribution >= 0.6 is 0 Å². The Bertz CT molecular complexity index is 550. The summed E-state index contributed by atoms with van der Waals surface area (Å²) in [4.78, 5) is 13.7. The van der Waals surface area contributed by atoms with E-state index in [1.807, 2.05) is 12.1 Å². The second-order valence-corrected chi connectivity index (χ2v) is 4.93. The van der Waals surface area contributed by atoms with Gasteiger partial charge in [0.15, 0.2) is 0 Å². The summed E-state index contributed by atoms with van der Waals surface area (Å²) in [5.41, 5.74) is 1.95. The van der Waals surface area contributed by atoms with Gasteiger partial charge in [0.2, 0.25) is 0 Å². The number of hydrogen-bond donors (Lipinski definition) is 1. The van der Waals surface area contributed by atoms with E-state index >= 15 is 0 Å². The monoisotopic (exact) mass is 218 g/mol. The van der Waals surface area contributed by atoms with Crippen molar-refractivity contribution < 1.29 is 4.92 Å². The van der Waals surface area contributed by atoms with Crippen LogP contribution in [-0.2, 0) is 5.41 Å². The number of nitrogens with zero attached hydrogens (tertiary/aromatic N) is 1. The summed E-state index contributed by atoms with van der Waals surface area (Å²) in [5, 5.41) is 11.5. The van der Waals surface area contributed by atoms with Gasteiger partial charge in [0.1, 0.15) is 0 Å². The van der Waals surface area contributed by atoms with Crippen molar-refractivity contribution in [3.63, 3.8) is 0 Å². The summed E-state index contributed by atoms with van der Waals surface area (Å²) in [6.45, 7) is 6.22. The summed E-state index contributed by atoms with van der Waals surface area (Å²) in [6, 6.07) is 6.96. The van der Waals surface area contributed by atoms with E-state index < -0.39 is 0 Å². The molecule has 0 atom stereocenters. The summed E-state index contributed by atoms with van der Waals surface area (Å²) >= 11 is 0. The van der Waals surface area contributed by atoms with E-state index in [-0.39, 0.29) is 16.0 Å². The van der Waals surface area contributed by atoms with Gasteiger partial charge >= 0.3 is 0 Å². The molecular weight excluding hydrogens is 204 g/mol. The molecule has 1 N–H and O–H groups in total. The zero-order chi connectivity index (χ0) is 11.9. The van der Waals surface area contributed by atoms with Gasteiger partial charge in [0, 0.05) is 17.2 Å². The van der Waals surface area contributed by atoms with Crippen molar-refractivity contribution in [1.29, 1.82) is 0 Å². The molecule has 2 rings (SSSR count). The zero-order valence-corrected chi connectivity index (χ0v) is 9.57. The van der Waals surface area contributed by atoms with E-state index in [1.165, 1.54) is 6.07 Å². The van der Waals surface area contributed by atoms with Crippen LogP contribution in [0.3, 0.4) is 0 Å². The summed E-state index contributed by atoms with van der Waals surface area (Å²) in [5.74, 6) is 0. The number of nitro groups is 1. The first-order valence-corrected chi connectivity index (χ1v) is 5.16. The van der Waals surface area contributed by atoms with Crippen molar-refractivity contribution in [1.82, 2.24) is 4.98 Å². The van der Waals surface area contributed by atoms with Crippen molar-refractivity contribution >= 4 is 16.6 Å². The Balaban J connectivity index is 2.71. The van der Waals surface area contributed by atoms with Gasteiger partial charge in [-0.25, -0.2) is 0 Å². The lowest BCUT2D eigenvalue weighted by Crippen LogP contribution is -2.10. The lowest BCUT2D eigenvalue weighted by Gasteiger charge is -2.15. The van der Waals surface area contributed by atoms with Crippen molar-refractivity contribution in [3.05, 3.63) is 40.1 Å². The third kappa shape index (κ3) is 1.66. The highest BCUT2D eigenvalue weighted by Gasteiger charge is 2.20. The van der Waals surface area contributed by atoms with Gasteiger partial charge in [-0.05, 0) is 12.1 Å².